The molecular weight excluding hydrogens is 298 g/mol. The van der Waals surface area contributed by atoms with Gasteiger partial charge in [0.1, 0.15) is 5.69 Å². The zero-order valence-electron chi connectivity index (χ0n) is 12.6. The second-order valence-electron chi connectivity index (χ2n) is 4.82. The largest absolute Gasteiger partial charge is 0.331 e. The Balaban J connectivity index is 1.91. The molecule has 0 saturated carbocycles. The summed E-state index contributed by atoms with van der Waals surface area (Å²) in [6.45, 7) is 5.83. The van der Waals surface area contributed by atoms with Crippen molar-refractivity contribution in [1.82, 2.24) is 20.8 Å². The molecule has 2 aromatic rings. The van der Waals surface area contributed by atoms with Crippen molar-refractivity contribution in [1.29, 1.82) is 0 Å². The lowest BCUT2D eigenvalue weighted by Crippen LogP contribution is -2.44. The fraction of sp³-hybridized carbons (Fsp3) is 0.200. The summed E-state index contributed by atoms with van der Waals surface area (Å²) in [5.74, 6) is -0.405. The van der Waals surface area contributed by atoms with Gasteiger partial charge in [0.05, 0.1) is 11.9 Å². The van der Waals surface area contributed by atoms with Gasteiger partial charge in [-0.05, 0) is 50.2 Å². The van der Waals surface area contributed by atoms with Crippen LogP contribution in [0.5, 0.6) is 0 Å². The molecule has 1 heterocycles. The van der Waals surface area contributed by atoms with Gasteiger partial charge in [0.15, 0.2) is 5.11 Å². The zero-order valence-corrected chi connectivity index (χ0v) is 13.4. The number of nitrogens with zero attached hydrogens (tertiary/aromatic N) is 2. The smallest absolute Gasteiger partial charge is 0.289 e. The fourth-order valence-corrected chi connectivity index (χ4v) is 1.89. The van der Waals surface area contributed by atoms with E-state index in [-0.39, 0.29) is 5.69 Å². The third kappa shape index (κ3) is 3.98. The lowest BCUT2D eigenvalue weighted by atomic mass is 10.1. The molecule has 0 spiro atoms. The summed E-state index contributed by atoms with van der Waals surface area (Å²) in [5, 5.41) is 3.33. The molecule has 0 aliphatic carbocycles. The summed E-state index contributed by atoms with van der Waals surface area (Å²) < 4.78 is 0. The van der Waals surface area contributed by atoms with E-state index in [9.17, 15) is 4.79 Å². The predicted molar refractivity (Wildman–Crippen MR) is 89.5 cm³/mol. The number of hydrazine groups is 1. The van der Waals surface area contributed by atoms with Crippen molar-refractivity contribution >= 4 is 28.9 Å². The van der Waals surface area contributed by atoms with Crippen LogP contribution in [0.15, 0.2) is 30.6 Å². The molecule has 2 rings (SSSR count). The highest BCUT2D eigenvalue weighted by molar-refractivity contribution is 7.80. The first kappa shape index (κ1) is 15.8. The fourth-order valence-electron chi connectivity index (χ4n) is 1.73. The molecule has 6 nitrogen and oxygen atoms in total. The summed E-state index contributed by atoms with van der Waals surface area (Å²) in [6.07, 6.45) is 2.94. The molecule has 0 unspecified atom stereocenters. The van der Waals surface area contributed by atoms with Gasteiger partial charge in [0.2, 0.25) is 0 Å². The lowest BCUT2D eigenvalue weighted by Gasteiger charge is -2.14. The Morgan fingerprint density at radius 3 is 2.55 bits per heavy atom. The molecule has 0 fully saturated rings. The molecular formula is C15H17N5OS. The molecule has 1 amide bonds. The summed E-state index contributed by atoms with van der Waals surface area (Å²) >= 11 is 5.16. The molecule has 0 atom stereocenters. The number of hydrogen-bond donors (Lipinski definition) is 3. The highest BCUT2D eigenvalue weighted by Crippen LogP contribution is 2.17. The van der Waals surface area contributed by atoms with Crippen LogP contribution in [0.1, 0.15) is 27.3 Å². The summed E-state index contributed by atoms with van der Waals surface area (Å²) in [7, 11) is 0. The summed E-state index contributed by atoms with van der Waals surface area (Å²) in [4.78, 5) is 19.9. The number of thiocarbonyl (C=S) groups is 1. The minimum atomic E-state index is -0.405. The van der Waals surface area contributed by atoms with Crippen molar-refractivity contribution in [2.45, 2.75) is 20.8 Å². The van der Waals surface area contributed by atoms with Gasteiger partial charge in [0, 0.05) is 11.9 Å². The number of aryl methyl sites for hydroxylation is 2. The Hall–Kier alpha value is -2.54. The van der Waals surface area contributed by atoms with Crippen LogP contribution >= 0.6 is 12.2 Å². The van der Waals surface area contributed by atoms with E-state index in [1.54, 1.807) is 6.92 Å². The molecule has 0 aliphatic heterocycles. The van der Waals surface area contributed by atoms with Gasteiger partial charge in [-0.25, -0.2) is 4.98 Å². The number of anilines is 1. The maximum atomic E-state index is 11.9. The normalized spacial score (nSPS) is 9.95. The van der Waals surface area contributed by atoms with E-state index in [2.05, 4.69) is 26.1 Å². The van der Waals surface area contributed by atoms with Crippen molar-refractivity contribution in [3.63, 3.8) is 0 Å². The molecule has 0 saturated heterocycles. The standard InChI is InChI=1S/C15H17N5OS/c1-9-5-4-6-12(11(9)3)18-15(22)20-19-14(21)13-8-16-10(2)7-17-13/h4-8H,1-3H3,(H,19,21)(H2,18,20,22). The molecule has 3 N–H and O–H groups in total. The number of carbonyl (C=O) groups excluding carboxylic acids is 1. The van der Waals surface area contributed by atoms with E-state index in [1.165, 1.54) is 12.4 Å². The maximum Gasteiger partial charge on any atom is 0.289 e. The molecule has 0 bridgehead atoms. The predicted octanol–water partition coefficient (Wildman–Crippen LogP) is 2.03. The average molecular weight is 315 g/mol. The zero-order chi connectivity index (χ0) is 16.1. The van der Waals surface area contributed by atoms with Crippen molar-refractivity contribution < 1.29 is 4.79 Å². The number of rotatable bonds is 2. The van der Waals surface area contributed by atoms with Gasteiger partial charge in [-0.3, -0.25) is 20.6 Å². The van der Waals surface area contributed by atoms with Crippen LogP contribution in [-0.2, 0) is 0 Å². The third-order valence-corrected chi connectivity index (χ3v) is 3.36. The Labute approximate surface area is 134 Å². The van der Waals surface area contributed by atoms with Crippen molar-refractivity contribution in [3.8, 4) is 0 Å². The van der Waals surface area contributed by atoms with E-state index in [0.29, 0.717) is 5.11 Å². The van der Waals surface area contributed by atoms with E-state index < -0.39 is 5.91 Å². The number of nitrogens with one attached hydrogen (secondary N) is 3. The number of carbonyl (C=O) groups is 1. The number of amides is 1. The van der Waals surface area contributed by atoms with Crippen LogP contribution in [-0.4, -0.2) is 21.0 Å². The Bertz CT molecular complexity index is 700. The van der Waals surface area contributed by atoms with E-state index >= 15 is 0 Å². The van der Waals surface area contributed by atoms with E-state index in [0.717, 1.165) is 22.5 Å². The summed E-state index contributed by atoms with van der Waals surface area (Å²) in [5.41, 5.74) is 9.23. The van der Waals surface area contributed by atoms with Crippen LogP contribution in [0.25, 0.3) is 0 Å². The van der Waals surface area contributed by atoms with Gasteiger partial charge >= 0.3 is 0 Å². The second-order valence-corrected chi connectivity index (χ2v) is 5.23. The first-order valence-electron chi connectivity index (χ1n) is 6.69. The molecule has 22 heavy (non-hydrogen) atoms. The number of aromatic nitrogens is 2. The molecule has 0 aliphatic rings. The van der Waals surface area contributed by atoms with Gasteiger partial charge in [-0.1, -0.05) is 12.1 Å². The third-order valence-electron chi connectivity index (χ3n) is 3.16. The van der Waals surface area contributed by atoms with Crippen LogP contribution in [0, 0.1) is 20.8 Å². The monoisotopic (exact) mass is 315 g/mol. The van der Waals surface area contributed by atoms with E-state index in [4.69, 9.17) is 12.2 Å². The Morgan fingerprint density at radius 2 is 1.86 bits per heavy atom. The minimum Gasteiger partial charge on any atom is -0.331 e. The van der Waals surface area contributed by atoms with Crippen LogP contribution in [0.3, 0.4) is 0 Å². The second kappa shape index (κ2) is 6.95. The highest BCUT2D eigenvalue weighted by atomic mass is 32.1. The Kier molecular flexibility index (Phi) is 5.00. The van der Waals surface area contributed by atoms with E-state index in [1.807, 2.05) is 32.0 Å². The lowest BCUT2D eigenvalue weighted by molar-refractivity contribution is 0.0938. The van der Waals surface area contributed by atoms with Gasteiger partial charge in [0.25, 0.3) is 5.91 Å². The molecule has 7 heteroatoms. The molecule has 0 radical (unpaired) electrons. The van der Waals surface area contributed by atoms with Crippen LogP contribution in [0.2, 0.25) is 0 Å². The van der Waals surface area contributed by atoms with Crippen molar-refractivity contribution in [2.75, 3.05) is 5.32 Å². The topological polar surface area (TPSA) is 78.9 Å². The quantitative estimate of drug-likeness (QED) is 0.581. The first-order valence-corrected chi connectivity index (χ1v) is 7.10. The molecule has 1 aromatic heterocycles. The van der Waals surface area contributed by atoms with Gasteiger partial charge < -0.3 is 5.32 Å². The number of benzene rings is 1. The minimum absolute atomic E-state index is 0.215. The average Bonchev–Trinajstić information content (AvgIpc) is 2.50. The highest BCUT2D eigenvalue weighted by Gasteiger charge is 2.08. The van der Waals surface area contributed by atoms with Gasteiger partial charge in [-0.2, -0.15) is 0 Å². The van der Waals surface area contributed by atoms with Gasteiger partial charge in [-0.15, -0.1) is 0 Å². The van der Waals surface area contributed by atoms with Crippen LogP contribution in [0.4, 0.5) is 5.69 Å². The summed E-state index contributed by atoms with van der Waals surface area (Å²) in [6, 6.07) is 5.88. The van der Waals surface area contributed by atoms with Crippen molar-refractivity contribution in [3.05, 3.63) is 53.1 Å². The SMILES string of the molecule is Cc1cnc(C(=O)NNC(=S)Nc2cccc(C)c2C)cn1. The van der Waals surface area contributed by atoms with Crippen LogP contribution < -0.4 is 16.2 Å². The molecule has 114 valence electrons. The molecule has 1 aromatic carbocycles. The Morgan fingerprint density at radius 1 is 1.09 bits per heavy atom. The number of hydrogen-bond acceptors (Lipinski definition) is 4. The first-order chi connectivity index (χ1) is 10.5. The maximum absolute atomic E-state index is 11.9. The van der Waals surface area contributed by atoms with Crippen molar-refractivity contribution in [2.24, 2.45) is 0 Å².